The second-order valence-corrected chi connectivity index (χ2v) is 7.77. The summed E-state index contributed by atoms with van der Waals surface area (Å²) in [6.07, 6.45) is 3.25. The lowest BCUT2D eigenvalue weighted by atomic mass is 10.1. The molecule has 0 unspecified atom stereocenters. The molecule has 1 aliphatic rings. The van der Waals surface area contributed by atoms with Crippen molar-refractivity contribution in [2.75, 3.05) is 6.54 Å². The lowest BCUT2D eigenvalue weighted by molar-refractivity contribution is -0.128. The van der Waals surface area contributed by atoms with E-state index in [-0.39, 0.29) is 23.1 Å². The van der Waals surface area contributed by atoms with Crippen LogP contribution in [0, 0.1) is 13.8 Å². The van der Waals surface area contributed by atoms with Gasteiger partial charge < -0.3 is 0 Å². The predicted octanol–water partition coefficient (Wildman–Crippen LogP) is 3.39. The van der Waals surface area contributed by atoms with Gasteiger partial charge in [0, 0.05) is 16.8 Å². The first-order valence-corrected chi connectivity index (χ1v) is 9.01. The summed E-state index contributed by atoms with van der Waals surface area (Å²) >= 11 is 8.33. The van der Waals surface area contributed by atoms with Gasteiger partial charge in [-0.2, -0.15) is 0 Å². The van der Waals surface area contributed by atoms with Crippen molar-refractivity contribution in [3.63, 3.8) is 0 Å². The zero-order chi connectivity index (χ0) is 16.7. The Labute approximate surface area is 147 Å². The summed E-state index contributed by atoms with van der Waals surface area (Å²) in [5.74, 6) is -0.834. The first-order valence-electron chi connectivity index (χ1n) is 6.91. The van der Waals surface area contributed by atoms with Gasteiger partial charge in [-0.25, -0.2) is 0 Å². The van der Waals surface area contributed by atoms with Gasteiger partial charge in [0.15, 0.2) is 5.11 Å². The summed E-state index contributed by atoms with van der Waals surface area (Å²) < 4.78 is 1.20. The van der Waals surface area contributed by atoms with E-state index in [1.165, 1.54) is 19.9 Å². The Morgan fingerprint density at radius 3 is 2.78 bits per heavy atom. The highest BCUT2D eigenvalue weighted by Crippen LogP contribution is 2.38. The van der Waals surface area contributed by atoms with Gasteiger partial charge in [0.1, 0.15) is 5.57 Å². The van der Waals surface area contributed by atoms with Crippen LogP contribution in [0.4, 0.5) is 0 Å². The number of carbonyl (C=O) groups excluding carboxylic acids is 2. The highest BCUT2D eigenvalue weighted by Gasteiger charge is 2.33. The molecule has 1 aliphatic heterocycles. The molecule has 2 aromatic rings. The summed E-state index contributed by atoms with van der Waals surface area (Å²) in [5, 5.41) is 6.02. The van der Waals surface area contributed by atoms with Gasteiger partial charge in [0.05, 0.1) is 4.01 Å². The average Bonchev–Trinajstić information content (AvgIpc) is 3.01. The molecule has 0 spiro atoms. The molecule has 3 heterocycles. The van der Waals surface area contributed by atoms with Gasteiger partial charge in [0.2, 0.25) is 0 Å². The van der Waals surface area contributed by atoms with Crippen LogP contribution in [0.2, 0.25) is 0 Å². The molecular formula is C16H14N2O2S3. The molecule has 4 nitrogen and oxygen atoms in total. The monoisotopic (exact) mass is 362 g/mol. The highest BCUT2D eigenvalue weighted by molar-refractivity contribution is 7.80. The van der Waals surface area contributed by atoms with E-state index >= 15 is 0 Å². The molecule has 3 rings (SSSR count). The number of thiocarbonyl (C=S) groups is 1. The summed E-state index contributed by atoms with van der Waals surface area (Å²) in [6, 6.07) is 0. The summed E-state index contributed by atoms with van der Waals surface area (Å²) in [5.41, 5.74) is 2.42. The number of nitrogens with zero attached hydrogens (tertiary/aromatic N) is 1. The molecule has 2 amide bonds. The maximum atomic E-state index is 12.5. The number of fused-ring (bicyclic) bond motifs is 1. The minimum Gasteiger partial charge on any atom is -0.298 e. The number of hydrogen-bond donors (Lipinski definition) is 1. The van der Waals surface area contributed by atoms with E-state index in [9.17, 15) is 9.59 Å². The maximum Gasteiger partial charge on any atom is 0.265 e. The summed E-state index contributed by atoms with van der Waals surface area (Å²) in [7, 11) is 0. The molecule has 2 aromatic heterocycles. The first kappa shape index (κ1) is 16.0. The van der Waals surface area contributed by atoms with E-state index in [2.05, 4.69) is 24.2 Å². The minimum absolute atomic E-state index is 0.107. The average molecular weight is 363 g/mol. The van der Waals surface area contributed by atoms with Gasteiger partial charge in [-0.3, -0.25) is 19.8 Å². The number of aryl methyl sites for hydroxylation is 2. The van der Waals surface area contributed by atoms with Crippen LogP contribution < -0.4 is 5.32 Å². The Hall–Kier alpha value is -1.83. The topological polar surface area (TPSA) is 49.4 Å². The van der Waals surface area contributed by atoms with Crippen LogP contribution >= 0.6 is 34.9 Å². The fourth-order valence-electron chi connectivity index (χ4n) is 2.50. The minimum atomic E-state index is -0.451. The number of nitrogens with one attached hydrogen (secondary N) is 1. The molecule has 1 saturated heterocycles. The van der Waals surface area contributed by atoms with Crippen LogP contribution in [0.5, 0.6) is 0 Å². The van der Waals surface area contributed by atoms with E-state index < -0.39 is 5.91 Å². The second-order valence-electron chi connectivity index (χ2n) is 5.19. The zero-order valence-electron chi connectivity index (χ0n) is 12.6. The SMILES string of the molecule is C=CCN1C(=O)/C(=C/c2sc3scc(C)c3c2C)C(=O)NC1=S. The number of carbonyl (C=O) groups is 2. The maximum absolute atomic E-state index is 12.5. The van der Waals surface area contributed by atoms with E-state index in [1.54, 1.807) is 34.8 Å². The van der Waals surface area contributed by atoms with Crippen molar-refractivity contribution >= 4 is 67.3 Å². The molecule has 23 heavy (non-hydrogen) atoms. The Morgan fingerprint density at radius 1 is 1.39 bits per heavy atom. The number of amides is 2. The first-order chi connectivity index (χ1) is 10.9. The Bertz CT molecular complexity index is 889. The third kappa shape index (κ3) is 2.65. The Balaban J connectivity index is 2.06. The molecule has 1 fully saturated rings. The molecule has 7 heteroatoms. The van der Waals surface area contributed by atoms with E-state index in [4.69, 9.17) is 12.2 Å². The van der Waals surface area contributed by atoms with Crippen molar-refractivity contribution in [2.24, 2.45) is 0 Å². The molecule has 0 saturated carbocycles. The Morgan fingerprint density at radius 2 is 2.13 bits per heavy atom. The van der Waals surface area contributed by atoms with Crippen molar-refractivity contribution in [3.8, 4) is 0 Å². The van der Waals surface area contributed by atoms with Crippen LogP contribution in [-0.2, 0) is 9.59 Å². The molecule has 0 atom stereocenters. The third-order valence-corrected chi connectivity index (χ3v) is 6.45. The Kier molecular flexibility index (Phi) is 4.18. The van der Waals surface area contributed by atoms with Gasteiger partial charge in [-0.15, -0.1) is 29.3 Å². The molecule has 0 aliphatic carbocycles. The molecule has 0 aromatic carbocycles. The lowest BCUT2D eigenvalue weighted by Crippen LogP contribution is -2.53. The third-order valence-electron chi connectivity index (χ3n) is 3.66. The van der Waals surface area contributed by atoms with Crippen LogP contribution in [0.25, 0.3) is 15.5 Å². The molecule has 1 N–H and O–H groups in total. The fraction of sp³-hybridized carbons (Fsp3) is 0.188. The normalized spacial score (nSPS) is 17.2. The predicted molar refractivity (Wildman–Crippen MR) is 99.8 cm³/mol. The van der Waals surface area contributed by atoms with Crippen LogP contribution in [0.15, 0.2) is 23.6 Å². The largest absolute Gasteiger partial charge is 0.298 e. The standard InChI is InChI=1S/C16H14N2O2S3/c1-4-5-18-14(20)10(13(19)17-16(18)21)6-11-9(3)12-8(2)7-22-15(12)23-11/h4,6-7H,1,5H2,2-3H3,(H,17,19,21)/b10-6+. The highest BCUT2D eigenvalue weighted by atomic mass is 32.2. The fourth-order valence-corrected chi connectivity index (χ4v) is 5.24. The quantitative estimate of drug-likeness (QED) is 0.394. The van der Waals surface area contributed by atoms with Crippen molar-refractivity contribution in [2.45, 2.75) is 13.8 Å². The van der Waals surface area contributed by atoms with Gasteiger partial charge in [-0.05, 0) is 48.6 Å². The van der Waals surface area contributed by atoms with E-state index in [0.29, 0.717) is 0 Å². The lowest BCUT2D eigenvalue weighted by Gasteiger charge is -2.27. The molecule has 118 valence electrons. The van der Waals surface area contributed by atoms with Crippen LogP contribution in [0.1, 0.15) is 16.0 Å². The number of thiophene rings is 2. The smallest absolute Gasteiger partial charge is 0.265 e. The summed E-state index contributed by atoms with van der Waals surface area (Å²) in [4.78, 5) is 27.0. The van der Waals surface area contributed by atoms with Crippen LogP contribution in [-0.4, -0.2) is 28.4 Å². The number of hydrogen-bond acceptors (Lipinski definition) is 5. The molecule has 0 bridgehead atoms. The van der Waals surface area contributed by atoms with Crippen molar-refractivity contribution in [1.29, 1.82) is 0 Å². The zero-order valence-corrected chi connectivity index (χ0v) is 15.1. The van der Waals surface area contributed by atoms with Crippen molar-refractivity contribution in [3.05, 3.63) is 39.6 Å². The van der Waals surface area contributed by atoms with Gasteiger partial charge in [-0.1, -0.05) is 6.08 Å². The molecule has 0 radical (unpaired) electrons. The van der Waals surface area contributed by atoms with E-state index in [0.717, 1.165) is 10.4 Å². The van der Waals surface area contributed by atoms with Crippen molar-refractivity contribution in [1.82, 2.24) is 10.2 Å². The van der Waals surface area contributed by atoms with E-state index in [1.807, 2.05) is 6.92 Å². The van der Waals surface area contributed by atoms with Crippen LogP contribution in [0.3, 0.4) is 0 Å². The second kappa shape index (κ2) is 5.99. The van der Waals surface area contributed by atoms with Gasteiger partial charge in [0.25, 0.3) is 11.8 Å². The van der Waals surface area contributed by atoms with Gasteiger partial charge >= 0.3 is 0 Å². The number of rotatable bonds is 3. The van der Waals surface area contributed by atoms with Crippen molar-refractivity contribution < 1.29 is 9.59 Å². The molecular weight excluding hydrogens is 348 g/mol. The summed E-state index contributed by atoms with van der Waals surface area (Å²) in [6.45, 7) is 7.97.